The average molecular weight is 444 g/mol. The fourth-order valence-corrected chi connectivity index (χ4v) is 4.38. The van der Waals surface area contributed by atoms with Crippen molar-refractivity contribution in [3.05, 3.63) is 59.2 Å². The number of carbonyl (C=O) groups excluding carboxylic acids is 2. The number of anilines is 1. The summed E-state index contributed by atoms with van der Waals surface area (Å²) in [5.74, 6) is 1.19. The van der Waals surface area contributed by atoms with Gasteiger partial charge in [0.15, 0.2) is 15.8 Å². The Bertz CT molecular complexity index is 1070. The lowest BCUT2D eigenvalue weighted by molar-refractivity contribution is 0.0600. The Morgan fingerprint density at radius 2 is 1.80 bits per heavy atom. The molecule has 0 radical (unpaired) electrons. The predicted molar refractivity (Wildman–Crippen MR) is 113 cm³/mol. The fraction of sp³-hybridized carbons (Fsp3) is 0.200. The number of carbonyl (C=O) groups is 2. The Morgan fingerprint density at radius 3 is 2.57 bits per heavy atom. The third-order valence-electron chi connectivity index (χ3n) is 4.17. The number of nitrogens with one attached hydrogen (secondary N) is 1. The van der Waals surface area contributed by atoms with Crippen LogP contribution in [0, 0.1) is 0 Å². The third kappa shape index (κ3) is 4.71. The molecule has 1 aliphatic heterocycles. The molecule has 3 aromatic rings. The van der Waals surface area contributed by atoms with Crippen LogP contribution in [0.15, 0.2) is 46.8 Å². The van der Waals surface area contributed by atoms with Gasteiger partial charge >= 0.3 is 5.97 Å². The lowest BCUT2D eigenvalue weighted by Gasteiger charge is -2.18. The van der Waals surface area contributed by atoms with E-state index in [1.165, 1.54) is 30.2 Å². The minimum Gasteiger partial charge on any atom is -0.486 e. The summed E-state index contributed by atoms with van der Waals surface area (Å²) in [6.07, 6.45) is 0. The molecular formula is C20H17N3O5S2. The molecule has 0 fully saturated rings. The predicted octanol–water partition coefficient (Wildman–Crippen LogP) is 3.64. The highest BCUT2D eigenvalue weighted by Gasteiger charge is 2.16. The van der Waals surface area contributed by atoms with Gasteiger partial charge in [-0.3, -0.25) is 10.1 Å². The van der Waals surface area contributed by atoms with E-state index in [-0.39, 0.29) is 11.9 Å². The van der Waals surface area contributed by atoms with Gasteiger partial charge < -0.3 is 14.2 Å². The van der Waals surface area contributed by atoms with E-state index in [1.54, 1.807) is 30.3 Å². The van der Waals surface area contributed by atoms with Crippen molar-refractivity contribution in [2.75, 3.05) is 25.6 Å². The monoisotopic (exact) mass is 443 g/mol. The molecule has 10 heteroatoms. The lowest BCUT2D eigenvalue weighted by Crippen LogP contribution is -2.17. The number of benzene rings is 2. The van der Waals surface area contributed by atoms with Gasteiger partial charge in [-0.2, -0.15) is 0 Å². The van der Waals surface area contributed by atoms with Gasteiger partial charge in [-0.15, -0.1) is 10.2 Å². The van der Waals surface area contributed by atoms with Crippen molar-refractivity contribution in [1.82, 2.24) is 10.2 Å². The number of esters is 1. The molecule has 2 aromatic carbocycles. The van der Waals surface area contributed by atoms with Crippen LogP contribution in [0.3, 0.4) is 0 Å². The average Bonchev–Trinajstić information content (AvgIpc) is 3.24. The molecule has 2 heterocycles. The van der Waals surface area contributed by atoms with Crippen molar-refractivity contribution < 1.29 is 23.8 Å². The van der Waals surface area contributed by atoms with Gasteiger partial charge in [0, 0.05) is 11.3 Å². The number of hydrogen-bond acceptors (Lipinski definition) is 9. The number of rotatable bonds is 6. The molecule has 0 saturated carbocycles. The van der Waals surface area contributed by atoms with Crippen LogP contribution in [0.1, 0.15) is 26.3 Å². The van der Waals surface area contributed by atoms with Crippen LogP contribution >= 0.6 is 23.1 Å². The first-order chi connectivity index (χ1) is 14.6. The maximum atomic E-state index is 12.5. The zero-order valence-electron chi connectivity index (χ0n) is 15.9. The molecule has 0 unspecified atom stereocenters. The summed E-state index contributed by atoms with van der Waals surface area (Å²) >= 11 is 2.79. The van der Waals surface area contributed by atoms with Crippen molar-refractivity contribution in [3.63, 3.8) is 0 Å². The fourth-order valence-electron chi connectivity index (χ4n) is 2.67. The Balaban J connectivity index is 1.34. The first kappa shape index (κ1) is 20.2. The summed E-state index contributed by atoms with van der Waals surface area (Å²) in [7, 11) is 1.35. The molecular weight excluding hydrogens is 426 g/mol. The molecule has 30 heavy (non-hydrogen) atoms. The van der Waals surface area contributed by atoms with Crippen molar-refractivity contribution >= 4 is 40.1 Å². The van der Waals surface area contributed by atoms with E-state index in [0.717, 1.165) is 9.90 Å². The van der Waals surface area contributed by atoms with E-state index in [0.29, 0.717) is 46.7 Å². The molecule has 0 spiro atoms. The van der Waals surface area contributed by atoms with Crippen molar-refractivity contribution in [3.8, 4) is 11.5 Å². The smallest absolute Gasteiger partial charge is 0.337 e. The number of nitrogens with zero attached hydrogens (tertiary/aromatic N) is 2. The second-order valence-electron chi connectivity index (χ2n) is 6.16. The van der Waals surface area contributed by atoms with Gasteiger partial charge in [0.1, 0.15) is 13.2 Å². The SMILES string of the molecule is COC(=O)c1ccc(CSc2nnc(NC(=O)c3ccc4c(c3)OCCO4)s2)cc1. The summed E-state index contributed by atoms with van der Waals surface area (Å²) in [6, 6.07) is 12.2. The second-order valence-corrected chi connectivity index (χ2v) is 8.36. The normalized spacial score (nSPS) is 12.3. The zero-order chi connectivity index (χ0) is 20.9. The van der Waals surface area contributed by atoms with Gasteiger partial charge in [0.05, 0.1) is 12.7 Å². The van der Waals surface area contributed by atoms with Crippen LogP contribution < -0.4 is 14.8 Å². The van der Waals surface area contributed by atoms with Crippen molar-refractivity contribution in [1.29, 1.82) is 0 Å². The number of ether oxygens (including phenoxy) is 3. The molecule has 1 aromatic heterocycles. The Morgan fingerprint density at radius 1 is 1.07 bits per heavy atom. The van der Waals surface area contributed by atoms with Gasteiger partial charge in [0.2, 0.25) is 5.13 Å². The maximum absolute atomic E-state index is 12.5. The minimum atomic E-state index is -0.364. The van der Waals surface area contributed by atoms with Crippen molar-refractivity contribution in [2.45, 2.75) is 10.1 Å². The Hall–Kier alpha value is -3.11. The quantitative estimate of drug-likeness (QED) is 0.350. The number of amides is 1. The van der Waals surface area contributed by atoms with Crippen LogP contribution in [0.4, 0.5) is 5.13 Å². The number of thioether (sulfide) groups is 1. The van der Waals surface area contributed by atoms with E-state index in [9.17, 15) is 9.59 Å². The standard InChI is InChI=1S/C20H17N3O5S2/c1-26-18(25)13-4-2-12(3-5-13)11-29-20-23-22-19(30-20)21-17(24)14-6-7-15-16(10-14)28-9-8-27-15/h2-7,10H,8-9,11H2,1H3,(H,21,22,24). The van der Waals surface area contributed by atoms with E-state index >= 15 is 0 Å². The molecule has 0 bridgehead atoms. The van der Waals surface area contributed by atoms with Gasteiger partial charge in [-0.05, 0) is 35.9 Å². The molecule has 1 aliphatic rings. The van der Waals surface area contributed by atoms with Crippen molar-refractivity contribution in [2.24, 2.45) is 0 Å². The Labute approximate surface area is 180 Å². The highest BCUT2D eigenvalue weighted by atomic mass is 32.2. The van der Waals surface area contributed by atoms with E-state index < -0.39 is 0 Å². The van der Waals surface area contributed by atoms with E-state index in [4.69, 9.17) is 14.2 Å². The van der Waals surface area contributed by atoms with Gasteiger partial charge in [-0.25, -0.2) is 4.79 Å². The zero-order valence-corrected chi connectivity index (χ0v) is 17.5. The first-order valence-electron chi connectivity index (χ1n) is 8.97. The van der Waals surface area contributed by atoms with E-state index in [2.05, 4.69) is 15.5 Å². The summed E-state index contributed by atoms with van der Waals surface area (Å²) in [5, 5.41) is 11.3. The maximum Gasteiger partial charge on any atom is 0.337 e. The van der Waals surface area contributed by atoms with Gasteiger partial charge in [0.25, 0.3) is 5.91 Å². The Kier molecular flexibility index (Phi) is 6.15. The van der Waals surface area contributed by atoms with Crippen LogP contribution in [0.2, 0.25) is 0 Å². The largest absolute Gasteiger partial charge is 0.486 e. The third-order valence-corrected chi connectivity index (χ3v) is 6.21. The molecule has 4 rings (SSSR count). The summed E-state index contributed by atoms with van der Waals surface area (Å²) in [5.41, 5.74) is 1.99. The topological polar surface area (TPSA) is 99.6 Å². The molecule has 8 nitrogen and oxygen atoms in total. The number of aromatic nitrogens is 2. The second kappa shape index (κ2) is 9.14. The molecule has 1 N–H and O–H groups in total. The molecule has 1 amide bonds. The highest BCUT2D eigenvalue weighted by molar-refractivity contribution is 8.00. The summed E-state index contributed by atoms with van der Waals surface area (Å²) in [4.78, 5) is 24.0. The van der Waals surface area contributed by atoms with Crippen LogP contribution in [0.5, 0.6) is 11.5 Å². The lowest BCUT2D eigenvalue weighted by atomic mass is 10.1. The number of hydrogen-bond donors (Lipinski definition) is 1. The molecule has 0 aliphatic carbocycles. The summed E-state index contributed by atoms with van der Waals surface area (Å²) in [6.45, 7) is 0.958. The molecule has 0 saturated heterocycles. The highest BCUT2D eigenvalue weighted by Crippen LogP contribution is 2.32. The number of methoxy groups -OCH3 is 1. The minimum absolute atomic E-state index is 0.293. The van der Waals surface area contributed by atoms with Gasteiger partial charge in [-0.1, -0.05) is 35.2 Å². The molecule has 0 atom stereocenters. The molecule has 154 valence electrons. The number of fused-ring (bicyclic) bond motifs is 1. The summed E-state index contributed by atoms with van der Waals surface area (Å²) < 4.78 is 16.4. The van der Waals surface area contributed by atoms with Crippen LogP contribution in [-0.4, -0.2) is 42.4 Å². The van der Waals surface area contributed by atoms with Crippen LogP contribution in [0.25, 0.3) is 0 Å². The van der Waals surface area contributed by atoms with E-state index in [1.807, 2.05) is 12.1 Å². The van der Waals surface area contributed by atoms with Crippen LogP contribution in [-0.2, 0) is 10.5 Å². The first-order valence-corrected chi connectivity index (χ1v) is 10.8.